The smallest absolute Gasteiger partial charge is 0.317 e. The molecule has 2 atom stereocenters. The lowest BCUT2D eigenvalue weighted by Crippen LogP contribution is -2.42. The fraction of sp³-hybridized carbons (Fsp3) is 0.667. The molecule has 0 aromatic carbocycles. The summed E-state index contributed by atoms with van der Waals surface area (Å²) in [6, 6.07) is 2.24. The Kier molecular flexibility index (Phi) is 6.45. The van der Waals surface area contributed by atoms with E-state index < -0.39 is 0 Å². The Morgan fingerprint density at radius 2 is 2.27 bits per heavy atom. The van der Waals surface area contributed by atoms with Crippen molar-refractivity contribution in [3.8, 4) is 0 Å². The monoisotopic (exact) mass is 323 g/mol. The number of likely N-dealkylation sites (tertiary alicyclic amines) is 1. The SMILES string of the molecule is CS[C@@H](C)CNC(=O)N1CC[C@H](N(C)Cc2ncccn2)C1. The Hall–Kier alpha value is -1.34. The summed E-state index contributed by atoms with van der Waals surface area (Å²) in [5.74, 6) is 0.821. The Labute approximate surface area is 136 Å². The predicted octanol–water partition coefficient (Wildman–Crippen LogP) is 1.44. The van der Waals surface area contributed by atoms with Crippen molar-refractivity contribution in [1.29, 1.82) is 0 Å². The number of carbonyl (C=O) groups is 1. The van der Waals surface area contributed by atoms with Gasteiger partial charge in [-0.05, 0) is 25.8 Å². The highest BCUT2D eigenvalue weighted by Crippen LogP contribution is 2.16. The summed E-state index contributed by atoms with van der Waals surface area (Å²) >= 11 is 1.76. The van der Waals surface area contributed by atoms with E-state index in [1.807, 2.05) is 11.0 Å². The molecule has 1 aliphatic heterocycles. The molecule has 0 bridgehead atoms. The average molecular weight is 323 g/mol. The van der Waals surface area contributed by atoms with Gasteiger partial charge in [-0.1, -0.05) is 6.92 Å². The maximum absolute atomic E-state index is 12.2. The van der Waals surface area contributed by atoms with Crippen LogP contribution in [-0.4, -0.2) is 70.0 Å². The molecule has 1 N–H and O–H groups in total. The molecule has 0 radical (unpaired) electrons. The molecule has 0 saturated carbocycles. The fourth-order valence-electron chi connectivity index (χ4n) is 2.48. The molecule has 0 unspecified atom stereocenters. The summed E-state index contributed by atoms with van der Waals surface area (Å²) in [5.41, 5.74) is 0. The first-order valence-corrected chi connectivity index (χ1v) is 8.90. The first kappa shape index (κ1) is 17.0. The first-order chi connectivity index (χ1) is 10.6. The summed E-state index contributed by atoms with van der Waals surface area (Å²) in [6.07, 6.45) is 6.58. The van der Waals surface area contributed by atoms with Gasteiger partial charge in [0.1, 0.15) is 5.82 Å². The molecule has 2 heterocycles. The second-order valence-corrected chi connectivity index (χ2v) is 6.98. The minimum absolute atomic E-state index is 0.0489. The lowest BCUT2D eigenvalue weighted by molar-refractivity contribution is 0.196. The summed E-state index contributed by atoms with van der Waals surface area (Å²) < 4.78 is 0. The van der Waals surface area contributed by atoms with E-state index in [1.54, 1.807) is 24.2 Å². The Balaban J connectivity index is 1.78. The van der Waals surface area contributed by atoms with Crippen LogP contribution >= 0.6 is 11.8 Å². The van der Waals surface area contributed by atoms with Gasteiger partial charge in [-0.2, -0.15) is 11.8 Å². The van der Waals surface area contributed by atoms with Crippen LogP contribution in [0.25, 0.3) is 0 Å². The maximum Gasteiger partial charge on any atom is 0.317 e. The standard InChI is InChI=1S/C15H25N5OS/c1-12(22-3)9-18-15(21)20-8-5-13(10-20)19(2)11-14-16-6-4-7-17-14/h4,6-7,12-13H,5,8-11H2,1-3H3,(H,18,21)/t12-,13-/m0/s1. The minimum atomic E-state index is 0.0489. The average Bonchev–Trinajstić information content (AvgIpc) is 3.03. The third kappa shape index (κ3) is 4.84. The largest absolute Gasteiger partial charge is 0.337 e. The van der Waals surface area contributed by atoms with Gasteiger partial charge in [0.2, 0.25) is 0 Å². The zero-order valence-electron chi connectivity index (χ0n) is 13.5. The Morgan fingerprint density at radius 3 is 2.95 bits per heavy atom. The number of nitrogens with zero attached hydrogens (tertiary/aromatic N) is 4. The summed E-state index contributed by atoms with van der Waals surface area (Å²) in [5, 5.41) is 3.45. The van der Waals surface area contributed by atoms with Gasteiger partial charge in [-0.25, -0.2) is 14.8 Å². The van der Waals surface area contributed by atoms with Gasteiger partial charge >= 0.3 is 6.03 Å². The highest BCUT2D eigenvalue weighted by molar-refractivity contribution is 7.99. The predicted molar refractivity (Wildman–Crippen MR) is 89.9 cm³/mol. The number of hydrogen-bond acceptors (Lipinski definition) is 5. The fourth-order valence-corrected chi connectivity index (χ4v) is 2.73. The summed E-state index contributed by atoms with van der Waals surface area (Å²) in [4.78, 5) is 24.8. The van der Waals surface area contributed by atoms with Gasteiger partial charge in [0, 0.05) is 43.3 Å². The second kappa shape index (κ2) is 8.33. The van der Waals surface area contributed by atoms with Gasteiger partial charge in [0.25, 0.3) is 0 Å². The van der Waals surface area contributed by atoms with Crippen molar-refractivity contribution < 1.29 is 4.79 Å². The maximum atomic E-state index is 12.2. The molecule has 7 heteroatoms. The van der Waals surface area contributed by atoms with Crippen molar-refractivity contribution in [2.45, 2.75) is 31.2 Å². The van der Waals surface area contributed by atoms with Crippen molar-refractivity contribution >= 4 is 17.8 Å². The third-order valence-corrected chi connectivity index (χ3v) is 5.00. The van der Waals surface area contributed by atoms with E-state index >= 15 is 0 Å². The number of rotatable bonds is 6. The van der Waals surface area contributed by atoms with Gasteiger partial charge in [0.15, 0.2) is 0 Å². The number of thioether (sulfide) groups is 1. The zero-order valence-corrected chi connectivity index (χ0v) is 14.3. The molecule has 122 valence electrons. The Morgan fingerprint density at radius 1 is 1.55 bits per heavy atom. The van der Waals surface area contributed by atoms with Crippen molar-refractivity contribution in [2.75, 3.05) is 32.9 Å². The highest BCUT2D eigenvalue weighted by Gasteiger charge is 2.29. The normalized spacial score (nSPS) is 19.5. The van der Waals surface area contributed by atoms with E-state index in [-0.39, 0.29) is 6.03 Å². The van der Waals surface area contributed by atoms with Gasteiger partial charge in [0.05, 0.1) is 6.54 Å². The van der Waals surface area contributed by atoms with Crippen LogP contribution in [0.4, 0.5) is 4.79 Å². The second-order valence-electron chi connectivity index (χ2n) is 5.70. The molecule has 6 nitrogen and oxygen atoms in total. The lowest BCUT2D eigenvalue weighted by atomic mass is 10.2. The molecule has 2 rings (SSSR count). The number of aromatic nitrogens is 2. The molecular formula is C15H25N5OS. The topological polar surface area (TPSA) is 61.4 Å². The molecule has 0 aliphatic carbocycles. The van der Waals surface area contributed by atoms with Crippen LogP contribution in [0.5, 0.6) is 0 Å². The molecule has 2 amide bonds. The van der Waals surface area contributed by atoms with E-state index in [1.165, 1.54) is 0 Å². The minimum Gasteiger partial charge on any atom is -0.337 e. The molecular weight excluding hydrogens is 298 g/mol. The van der Waals surface area contributed by atoms with Crippen LogP contribution in [0.3, 0.4) is 0 Å². The third-order valence-electron chi connectivity index (χ3n) is 4.03. The number of hydrogen-bond donors (Lipinski definition) is 1. The molecule has 0 spiro atoms. The van der Waals surface area contributed by atoms with Gasteiger partial charge in [-0.15, -0.1) is 0 Å². The van der Waals surface area contributed by atoms with Crippen LogP contribution in [0, 0.1) is 0 Å². The van der Waals surface area contributed by atoms with E-state index in [9.17, 15) is 4.79 Å². The number of amides is 2. The van der Waals surface area contributed by atoms with E-state index in [2.05, 4.69) is 40.4 Å². The quantitative estimate of drug-likeness (QED) is 0.858. The number of likely N-dealkylation sites (N-methyl/N-ethyl adjacent to an activating group) is 1. The first-order valence-electron chi connectivity index (χ1n) is 7.62. The van der Waals surface area contributed by atoms with E-state index in [0.29, 0.717) is 17.8 Å². The molecule has 1 aliphatic rings. The van der Waals surface area contributed by atoms with Crippen LogP contribution in [0.2, 0.25) is 0 Å². The summed E-state index contributed by atoms with van der Waals surface area (Å²) in [6.45, 7) is 5.12. The van der Waals surface area contributed by atoms with Crippen molar-refractivity contribution in [2.24, 2.45) is 0 Å². The highest BCUT2D eigenvalue weighted by atomic mass is 32.2. The van der Waals surface area contributed by atoms with Crippen LogP contribution in [0.1, 0.15) is 19.2 Å². The van der Waals surface area contributed by atoms with Crippen molar-refractivity contribution in [1.82, 2.24) is 25.1 Å². The Bertz CT molecular complexity index is 472. The number of carbonyl (C=O) groups excluding carboxylic acids is 1. The van der Waals surface area contributed by atoms with E-state index in [4.69, 9.17) is 0 Å². The van der Waals surface area contributed by atoms with E-state index in [0.717, 1.165) is 31.9 Å². The van der Waals surface area contributed by atoms with Crippen LogP contribution in [-0.2, 0) is 6.54 Å². The molecule has 1 aromatic heterocycles. The van der Waals surface area contributed by atoms with Crippen molar-refractivity contribution in [3.05, 3.63) is 24.3 Å². The van der Waals surface area contributed by atoms with Gasteiger partial charge < -0.3 is 10.2 Å². The molecule has 22 heavy (non-hydrogen) atoms. The van der Waals surface area contributed by atoms with Crippen molar-refractivity contribution in [3.63, 3.8) is 0 Å². The zero-order chi connectivity index (χ0) is 15.9. The lowest BCUT2D eigenvalue weighted by Gasteiger charge is -2.24. The van der Waals surface area contributed by atoms with Gasteiger partial charge in [-0.3, -0.25) is 4.90 Å². The number of nitrogens with one attached hydrogen (secondary N) is 1. The van der Waals surface area contributed by atoms with Crippen LogP contribution in [0.15, 0.2) is 18.5 Å². The number of urea groups is 1. The van der Waals surface area contributed by atoms with Crippen LogP contribution < -0.4 is 5.32 Å². The summed E-state index contributed by atoms with van der Waals surface area (Å²) in [7, 11) is 2.07. The molecule has 1 fully saturated rings. The molecule has 1 saturated heterocycles. The molecule has 1 aromatic rings.